The van der Waals surface area contributed by atoms with Gasteiger partial charge in [-0.25, -0.2) is 29.5 Å². The molecule has 548 valence electrons. The van der Waals surface area contributed by atoms with Crippen molar-refractivity contribution in [2.24, 2.45) is 5.73 Å². The molecule has 4 aromatic carbocycles. The van der Waals surface area contributed by atoms with Gasteiger partial charge in [-0.05, 0) is 75.7 Å². The Morgan fingerprint density at radius 1 is 0.525 bits per heavy atom. The number of esters is 1. The van der Waals surface area contributed by atoms with Gasteiger partial charge in [-0.3, -0.25) is 38.8 Å². The highest BCUT2D eigenvalue weighted by Gasteiger charge is 2.26. The number of Topliss-reactive ketones (excluding diaryl/α,β-unsaturated/α-hetero) is 1. The number of hydrogen-bond acceptors (Lipinski definition) is 24. The van der Waals surface area contributed by atoms with Crippen molar-refractivity contribution < 1.29 is 72.1 Å². The number of carbonyl (C=O) groups excluding carboxylic acids is 4. The topological polar surface area (TPSA) is 353 Å². The maximum Gasteiger partial charge on any atom is 0.327 e. The second kappa shape index (κ2) is 40.5. The molecule has 34 heteroatoms. The molecule has 8 rings (SSSR count). The van der Waals surface area contributed by atoms with Crippen LogP contribution in [-0.2, 0) is 33.4 Å². The van der Waals surface area contributed by atoms with Crippen LogP contribution in [0.1, 0.15) is 46.5 Å². The Labute approximate surface area is 606 Å². The predicted octanol–water partition coefficient (Wildman–Crippen LogP) is 10.3. The monoisotopic (exact) mass is 1480 g/mol. The minimum atomic E-state index is -0.894. The molecule has 101 heavy (non-hydrogen) atoms. The molecule has 2 aromatic heterocycles. The lowest BCUT2D eigenvalue weighted by Crippen LogP contribution is -2.48. The first-order valence-electron chi connectivity index (χ1n) is 31.9. The van der Waals surface area contributed by atoms with Crippen LogP contribution in [0.25, 0.3) is 0 Å². The number of anilines is 10. The zero-order valence-corrected chi connectivity index (χ0v) is 60.8. The first kappa shape index (κ1) is 81.0. The maximum absolute atomic E-state index is 13.1. The number of urea groups is 2. The number of piperazine rings is 2. The largest absolute Gasteiger partial charge is 0.495 e. The van der Waals surface area contributed by atoms with Gasteiger partial charge >= 0.3 is 30.0 Å². The molecule has 0 spiro atoms. The third-order valence-corrected chi connectivity index (χ3v) is 16.6. The molecular weight excluding hydrogens is 1400 g/mol. The van der Waals surface area contributed by atoms with E-state index >= 15 is 0 Å². The predicted molar refractivity (Wildman–Crippen MR) is 390 cm³/mol. The van der Waals surface area contributed by atoms with Gasteiger partial charge in [0.05, 0.1) is 85.6 Å². The normalized spacial score (nSPS) is 13.0. The van der Waals surface area contributed by atoms with Crippen molar-refractivity contribution in [2.75, 3.05) is 182 Å². The maximum atomic E-state index is 13.1. The van der Waals surface area contributed by atoms with E-state index in [4.69, 9.17) is 95.5 Å². The van der Waals surface area contributed by atoms with E-state index in [0.29, 0.717) is 93.6 Å². The lowest BCUT2D eigenvalue weighted by molar-refractivity contribution is -0.156. The molecule has 2 fully saturated rings. The molecule has 4 amide bonds. The van der Waals surface area contributed by atoms with E-state index in [1.165, 1.54) is 63.0 Å². The summed E-state index contributed by atoms with van der Waals surface area (Å²) in [4.78, 5) is 99.2. The number of ketones is 1. The first-order valence-corrected chi connectivity index (χ1v) is 33.4. The molecule has 0 unspecified atom stereocenters. The summed E-state index contributed by atoms with van der Waals surface area (Å²) in [6.45, 7) is 13.9. The molecule has 8 N–H and O–H groups in total. The number of methoxy groups -OCH3 is 4. The van der Waals surface area contributed by atoms with Gasteiger partial charge in [0.15, 0.2) is 0 Å². The number of carboxylic acid groups (broad SMARTS) is 2. The number of aromatic nitrogens is 4. The molecule has 6 aromatic rings. The van der Waals surface area contributed by atoms with Gasteiger partial charge in [-0.1, -0.05) is 46.4 Å². The Bertz CT molecular complexity index is 3660. The third-order valence-electron chi connectivity index (χ3n) is 15.1. The summed E-state index contributed by atoms with van der Waals surface area (Å²) in [5.41, 5.74) is 8.79. The molecular formula is C67H87Cl4N15O15. The van der Waals surface area contributed by atoms with Gasteiger partial charge in [0.25, 0.3) is 0 Å². The number of rotatable bonds is 30. The minimum absolute atomic E-state index is 0.0310. The Hall–Kier alpha value is -8.98. The zero-order valence-electron chi connectivity index (χ0n) is 57.8. The molecule has 0 saturated carbocycles. The average molecular weight is 1480 g/mol. The molecule has 30 nitrogen and oxygen atoms in total. The number of hydrogen-bond donors (Lipinski definition) is 7. The van der Waals surface area contributed by atoms with Crippen LogP contribution in [0.2, 0.25) is 20.1 Å². The van der Waals surface area contributed by atoms with E-state index in [2.05, 4.69) is 55.9 Å². The fourth-order valence-electron chi connectivity index (χ4n) is 9.80. The SMILES string of the molecule is CC(C)(C)OC(=O)CCOCCN.COc1cc(OC)c(Cl)c(NC(=O)N(C)c2cc(Nc3ccc(N4CCN(CC(=O)CCCOCCC(=O)O)CC4)cc3)ncn2)c1Cl.COc1cc(OC)c(Cl)c(NC(=O)N(C)c2cc(Nc3ccc(N4CCN(CC(=O)O)CC4)cc3)ncn2)c1Cl. The van der Waals surface area contributed by atoms with Crippen molar-refractivity contribution >= 4 is 140 Å². The number of ether oxygens (including phenoxy) is 7. The van der Waals surface area contributed by atoms with E-state index in [-0.39, 0.29) is 80.7 Å². The third kappa shape index (κ3) is 25.9. The summed E-state index contributed by atoms with van der Waals surface area (Å²) in [5, 5.41) is 30.0. The number of amides is 4. The van der Waals surface area contributed by atoms with E-state index in [0.717, 1.165) is 62.0 Å². The number of halogens is 4. The number of nitrogens with two attached hydrogens (primary N) is 1. The summed E-state index contributed by atoms with van der Waals surface area (Å²) >= 11 is 25.6. The van der Waals surface area contributed by atoms with Crippen LogP contribution in [-0.4, -0.2) is 222 Å². The van der Waals surface area contributed by atoms with Crippen LogP contribution >= 0.6 is 46.4 Å². The van der Waals surface area contributed by atoms with Gasteiger partial charge in [-0.2, -0.15) is 0 Å². The number of carboxylic acids is 2. The number of carbonyl (C=O) groups is 6. The molecule has 2 aliphatic rings. The molecule has 0 radical (unpaired) electrons. The molecule has 0 atom stereocenters. The van der Waals surface area contributed by atoms with Crippen molar-refractivity contribution in [1.82, 2.24) is 29.7 Å². The van der Waals surface area contributed by atoms with Gasteiger partial charge in [0.1, 0.15) is 90.4 Å². The molecule has 0 bridgehead atoms. The summed E-state index contributed by atoms with van der Waals surface area (Å²) in [7, 11) is 8.87. The quantitative estimate of drug-likeness (QED) is 0.0163. The van der Waals surface area contributed by atoms with Gasteiger partial charge in [0, 0.05) is 133 Å². The van der Waals surface area contributed by atoms with Gasteiger partial charge in [-0.15, -0.1) is 0 Å². The molecule has 0 aliphatic carbocycles. The lowest BCUT2D eigenvalue weighted by atomic mass is 10.2. The van der Waals surface area contributed by atoms with E-state index in [1.54, 1.807) is 26.2 Å². The summed E-state index contributed by atoms with van der Waals surface area (Å²) < 4.78 is 36.4. The number of nitrogens with one attached hydrogen (secondary N) is 4. The van der Waals surface area contributed by atoms with Crippen LogP contribution in [0.15, 0.2) is 85.5 Å². The van der Waals surface area contributed by atoms with E-state index < -0.39 is 29.6 Å². The Balaban J connectivity index is 0.000000273. The van der Waals surface area contributed by atoms with Crippen LogP contribution in [0.4, 0.5) is 67.0 Å². The van der Waals surface area contributed by atoms with Crippen LogP contribution in [0.5, 0.6) is 23.0 Å². The Morgan fingerprint density at radius 2 is 0.921 bits per heavy atom. The van der Waals surface area contributed by atoms with Crippen molar-refractivity contribution in [3.05, 3.63) is 106 Å². The number of aliphatic carboxylic acids is 2. The molecule has 2 aliphatic heterocycles. The first-order chi connectivity index (χ1) is 48.2. The lowest BCUT2D eigenvalue weighted by Gasteiger charge is -2.35. The fourth-order valence-corrected chi connectivity index (χ4v) is 11.0. The standard InChI is InChI=1S/C32H39Cl2N7O7.C26H29Cl2N7O5.C9H19NO3/c1-39(32(45)38-31-29(33)24(46-2)17-25(47-3)30(31)34)27-18-26(35-20-36-27)37-21-6-8-22(9-7-21)41-13-11-40(12-14-41)19-23(42)5-4-15-48-16-10-28(43)44;1-33(26(38)32-25-23(27)18(39-2)12-19(40-3)24(25)28)21-13-20(29-15-30-21)31-16-4-6-17(7-5-16)35-10-8-34(9-11-35)14-22(36)37;1-9(2,3)13-8(11)4-6-12-7-5-10/h6-9,17-18,20H,4-5,10-16,19H2,1-3H3,(H,38,45)(H,43,44)(H,35,36,37);4-7,12-13,15H,8-11,14H2,1-3H3,(H,32,38)(H,36,37)(H,29,30,31);4-7,10H2,1-3H3. The van der Waals surface area contributed by atoms with Crippen LogP contribution in [0, 0.1) is 0 Å². The Kier molecular flexibility index (Phi) is 32.4. The zero-order chi connectivity index (χ0) is 73.8. The second-order valence-electron chi connectivity index (χ2n) is 23.5. The average Bonchev–Trinajstić information content (AvgIpc) is 0.809. The summed E-state index contributed by atoms with van der Waals surface area (Å²) in [5.74, 6) is 1.00. The summed E-state index contributed by atoms with van der Waals surface area (Å²) in [6, 6.07) is 21.0. The van der Waals surface area contributed by atoms with Crippen molar-refractivity contribution in [1.29, 1.82) is 0 Å². The Morgan fingerprint density at radius 3 is 1.30 bits per heavy atom. The molecule has 2 saturated heterocycles. The van der Waals surface area contributed by atoms with Crippen LogP contribution < -0.4 is 65.5 Å². The van der Waals surface area contributed by atoms with Crippen LogP contribution in [0.3, 0.4) is 0 Å². The highest BCUT2D eigenvalue weighted by atomic mass is 35.5. The smallest absolute Gasteiger partial charge is 0.327 e. The van der Waals surface area contributed by atoms with Crippen molar-refractivity contribution in [2.45, 2.75) is 52.1 Å². The van der Waals surface area contributed by atoms with Crippen molar-refractivity contribution in [3.63, 3.8) is 0 Å². The molecule has 4 heterocycles. The highest BCUT2D eigenvalue weighted by Crippen LogP contribution is 2.46. The van der Waals surface area contributed by atoms with E-state index in [1.807, 2.05) is 74.2 Å². The number of nitrogens with zero attached hydrogens (tertiary/aromatic N) is 10. The van der Waals surface area contributed by atoms with Crippen molar-refractivity contribution in [3.8, 4) is 23.0 Å². The fraction of sp³-hybridized carbons (Fsp3) is 0.433. The second-order valence-corrected chi connectivity index (χ2v) is 25.0. The summed E-state index contributed by atoms with van der Waals surface area (Å²) in [6.07, 6.45) is 3.97. The van der Waals surface area contributed by atoms with Gasteiger partial charge < -0.3 is 80.2 Å². The minimum Gasteiger partial charge on any atom is -0.495 e. The van der Waals surface area contributed by atoms with E-state index in [9.17, 15) is 28.8 Å². The highest BCUT2D eigenvalue weighted by molar-refractivity contribution is 6.42. The van der Waals surface area contributed by atoms with Gasteiger partial charge in [0.2, 0.25) is 0 Å². The number of benzene rings is 4.